The Morgan fingerprint density at radius 1 is 1.36 bits per heavy atom. The summed E-state index contributed by atoms with van der Waals surface area (Å²) in [5.41, 5.74) is -0.930. The third kappa shape index (κ3) is 1.36. The van der Waals surface area contributed by atoms with Crippen molar-refractivity contribution in [1.29, 1.82) is 0 Å². The predicted molar refractivity (Wildman–Crippen MR) is 51.6 cm³/mol. The molecule has 0 radical (unpaired) electrons. The third-order valence-corrected chi connectivity index (χ3v) is 3.88. The van der Waals surface area contributed by atoms with Crippen molar-refractivity contribution in [3.63, 3.8) is 0 Å². The maximum Gasteiger partial charge on any atom is 0.258 e. The first-order valence-electron chi connectivity index (χ1n) is 5.42. The molecule has 2 saturated heterocycles. The lowest BCUT2D eigenvalue weighted by Crippen LogP contribution is -2.59. The Morgan fingerprint density at radius 3 is 2.79 bits per heavy atom. The molecule has 0 saturated carbocycles. The standard InChI is InChI=1S/C10H18F2N2/c1-13-10(9(11)12)5-7-14-6-3-2-4-8(10)14/h8-9,13H,2-7H2,1H3. The zero-order valence-electron chi connectivity index (χ0n) is 8.60. The molecule has 2 aliphatic rings. The van der Waals surface area contributed by atoms with Crippen LogP contribution in [0.2, 0.25) is 0 Å². The molecule has 2 unspecified atom stereocenters. The van der Waals surface area contributed by atoms with Gasteiger partial charge in [-0.3, -0.25) is 4.90 Å². The van der Waals surface area contributed by atoms with Crippen LogP contribution in [0.3, 0.4) is 0 Å². The number of rotatable bonds is 2. The summed E-state index contributed by atoms with van der Waals surface area (Å²) in [5.74, 6) is 0. The van der Waals surface area contributed by atoms with Crippen molar-refractivity contribution >= 4 is 0 Å². The summed E-state index contributed by atoms with van der Waals surface area (Å²) in [4.78, 5) is 2.23. The number of halogens is 2. The summed E-state index contributed by atoms with van der Waals surface area (Å²) < 4.78 is 26.2. The molecule has 2 heterocycles. The molecule has 0 aromatic rings. The highest BCUT2D eigenvalue weighted by molar-refractivity contribution is 5.07. The minimum absolute atomic E-state index is 0.0567. The molecule has 82 valence electrons. The fourth-order valence-electron chi connectivity index (χ4n) is 2.99. The van der Waals surface area contributed by atoms with Gasteiger partial charge in [-0.1, -0.05) is 6.42 Å². The largest absolute Gasteiger partial charge is 0.308 e. The number of fused-ring (bicyclic) bond motifs is 1. The van der Waals surface area contributed by atoms with Gasteiger partial charge in [0, 0.05) is 12.6 Å². The van der Waals surface area contributed by atoms with Crippen molar-refractivity contribution in [3.05, 3.63) is 0 Å². The second-order valence-corrected chi connectivity index (χ2v) is 4.39. The zero-order valence-corrected chi connectivity index (χ0v) is 8.60. The Hall–Kier alpha value is -0.220. The van der Waals surface area contributed by atoms with E-state index < -0.39 is 12.0 Å². The highest BCUT2D eigenvalue weighted by atomic mass is 19.3. The van der Waals surface area contributed by atoms with Crippen LogP contribution in [0.15, 0.2) is 0 Å². The fourth-order valence-corrected chi connectivity index (χ4v) is 2.99. The van der Waals surface area contributed by atoms with Gasteiger partial charge < -0.3 is 5.32 Å². The van der Waals surface area contributed by atoms with Gasteiger partial charge in [0.15, 0.2) is 0 Å². The zero-order chi connectivity index (χ0) is 10.2. The van der Waals surface area contributed by atoms with E-state index in [2.05, 4.69) is 10.2 Å². The summed E-state index contributed by atoms with van der Waals surface area (Å²) in [5, 5.41) is 2.88. The summed E-state index contributed by atoms with van der Waals surface area (Å²) >= 11 is 0. The first-order chi connectivity index (χ1) is 6.70. The van der Waals surface area contributed by atoms with Crippen LogP contribution in [0.5, 0.6) is 0 Å². The maximum absolute atomic E-state index is 13.1. The van der Waals surface area contributed by atoms with Gasteiger partial charge in [-0.2, -0.15) is 0 Å². The van der Waals surface area contributed by atoms with E-state index in [1.165, 1.54) is 6.42 Å². The van der Waals surface area contributed by atoms with Crippen LogP contribution in [-0.2, 0) is 0 Å². The van der Waals surface area contributed by atoms with E-state index in [0.717, 1.165) is 25.9 Å². The Kier molecular flexibility index (Phi) is 2.75. The highest BCUT2D eigenvalue weighted by Crippen LogP contribution is 2.38. The molecule has 2 atom stereocenters. The van der Waals surface area contributed by atoms with Crippen LogP contribution < -0.4 is 5.32 Å². The number of hydrogen-bond donors (Lipinski definition) is 1. The average molecular weight is 204 g/mol. The van der Waals surface area contributed by atoms with Crippen molar-refractivity contribution in [2.24, 2.45) is 0 Å². The molecular weight excluding hydrogens is 186 g/mol. The Labute approximate surface area is 83.7 Å². The van der Waals surface area contributed by atoms with Crippen molar-refractivity contribution < 1.29 is 8.78 Å². The Morgan fingerprint density at radius 2 is 2.14 bits per heavy atom. The number of alkyl halides is 2. The van der Waals surface area contributed by atoms with Crippen LogP contribution >= 0.6 is 0 Å². The molecule has 2 fully saturated rings. The van der Waals surface area contributed by atoms with E-state index >= 15 is 0 Å². The summed E-state index contributed by atoms with van der Waals surface area (Å²) in [6.45, 7) is 1.83. The normalized spacial score (nSPS) is 39.0. The minimum atomic E-state index is -2.25. The van der Waals surface area contributed by atoms with Gasteiger partial charge in [0.25, 0.3) is 6.43 Å². The van der Waals surface area contributed by atoms with Gasteiger partial charge in [-0.15, -0.1) is 0 Å². The number of likely N-dealkylation sites (N-methyl/N-ethyl adjacent to an activating group) is 1. The maximum atomic E-state index is 13.1. The molecule has 14 heavy (non-hydrogen) atoms. The van der Waals surface area contributed by atoms with E-state index in [4.69, 9.17) is 0 Å². The van der Waals surface area contributed by atoms with Crippen LogP contribution in [0.1, 0.15) is 25.7 Å². The van der Waals surface area contributed by atoms with Gasteiger partial charge >= 0.3 is 0 Å². The second-order valence-electron chi connectivity index (χ2n) is 4.39. The summed E-state index contributed by atoms with van der Waals surface area (Å²) in [6.07, 6.45) is 1.52. The number of nitrogens with zero attached hydrogens (tertiary/aromatic N) is 1. The van der Waals surface area contributed by atoms with Crippen molar-refractivity contribution in [1.82, 2.24) is 10.2 Å². The third-order valence-electron chi connectivity index (χ3n) is 3.88. The summed E-state index contributed by atoms with van der Waals surface area (Å²) in [7, 11) is 1.67. The molecule has 2 rings (SSSR count). The smallest absolute Gasteiger partial charge is 0.258 e. The molecule has 0 aliphatic carbocycles. The molecule has 2 aliphatic heterocycles. The quantitative estimate of drug-likeness (QED) is 0.732. The van der Waals surface area contributed by atoms with Gasteiger partial charge in [0.1, 0.15) is 0 Å². The first kappa shape index (κ1) is 10.3. The summed E-state index contributed by atoms with van der Waals surface area (Å²) in [6, 6.07) is 0.0567. The Balaban J connectivity index is 2.18. The molecule has 0 aromatic carbocycles. The van der Waals surface area contributed by atoms with Crippen LogP contribution in [0, 0.1) is 0 Å². The van der Waals surface area contributed by atoms with Crippen molar-refractivity contribution in [2.75, 3.05) is 20.1 Å². The minimum Gasteiger partial charge on any atom is -0.308 e. The number of hydrogen-bond acceptors (Lipinski definition) is 2. The SMILES string of the molecule is CNC1(C(F)F)CCN2CCCCC21. The monoisotopic (exact) mass is 204 g/mol. The van der Waals surface area contributed by atoms with Gasteiger partial charge in [-0.25, -0.2) is 8.78 Å². The van der Waals surface area contributed by atoms with Crippen LogP contribution in [-0.4, -0.2) is 43.0 Å². The van der Waals surface area contributed by atoms with E-state index in [-0.39, 0.29) is 6.04 Å². The van der Waals surface area contributed by atoms with Crippen LogP contribution in [0.25, 0.3) is 0 Å². The molecule has 2 nitrogen and oxygen atoms in total. The van der Waals surface area contributed by atoms with Crippen molar-refractivity contribution in [3.8, 4) is 0 Å². The van der Waals surface area contributed by atoms with Gasteiger partial charge in [0.2, 0.25) is 0 Å². The molecular formula is C10H18F2N2. The van der Waals surface area contributed by atoms with E-state index in [1.54, 1.807) is 7.05 Å². The molecule has 0 bridgehead atoms. The average Bonchev–Trinajstić information content (AvgIpc) is 2.57. The predicted octanol–water partition coefficient (Wildman–Crippen LogP) is 1.47. The lowest BCUT2D eigenvalue weighted by molar-refractivity contribution is 0.00173. The van der Waals surface area contributed by atoms with E-state index in [0.29, 0.717) is 6.42 Å². The lowest BCUT2D eigenvalue weighted by Gasteiger charge is -2.40. The van der Waals surface area contributed by atoms with Gasteiger partial charge in [-0.05, 0) is 32.9 Å². The lowest BCUT2D eigenvalue weighted by atomic mass is 9.86. The number of nitrogens with one attached hydrogen (secondary N) is 1. The molecule has 0 spiro atoms. The fraction of sp³-hybridized carbons (Fsp3) is 1.00. The number of piperidine rings is 1. The molecule has 4 heteroatoms. The van der Waals surface area contributed by atoms with Crippen molar-refractivity contribution in [2.45, 2.75) is 43.7 Å². The molecule has 0 aromatic heterocycles. The van der Waals surface area contributed by atoms with Gasteiger partial charge in [0.05, 0.1) is 5.54 Å². The Bertz CT molecular complexity index is 210. The molecule has 0 amide bonds. The molecule has 1 N–H and O–H groups in total. The van der Waals surface area contributed by atoms with E-state index in [9.17, 15) is 8.78 Å². The first-order valence-corrected chi connectivity index (χ1v) is 5.42. The second kappa shape index (κ2) is 3.74. The highest BCUT2D eigenvalue weighted by Gasteiger charge is 2.52. The van der Waals surface area contributed by atoms with E-state index in [1.807, 2.05) is 0 Å². The topological polar surface area (TPSA) is 15.3 Å². The van der Waals surface area contributed by atoms with Crippen LogP contribution in [0.4, 0.5) is 8.78 Å².